The number of nitrogens with two attached hydrogens (primary N) is 1. The summed E-state index contributed by atoms with van der Waals surface area (Å²) in [5.74, 6) is -1.65. The molecule has 10 heteroatoms. The van der Waals surface area contributed by atoms with Gasteiger partial charge in [-0.25, -0.2) is 4.57 Å². The molecule has 168 valence electrons. The first kappa shape index (κ1) is 23.8. The first-order chi connectivity index (χ1) is 14.0. The van der Waals surface area contributed by atoms with Crippen LogP contribution in [0.1, 0.15) is 39.7 Å². The molecule has 2 saturated heterocycles. The zero-order valence-corrected chi connectivity index (χ0v) is 19.7. The summed E-state index contributed by atoms with van der Waals surface area (Å²) in [4.78, 5) is 12.4. The summed E-state index contributed by atoms with van der Waals surface area (Å²) in [5.41, 5.74) is 6.37. The summed E-state index contributed by atoms with van der Waals surface area (Å²) in [6.07, 6.45) is 0.710. The van der Waals surface area contributed by atoms with Crippen LogP contribution < -0.4 is 5.73 Å². The molecule has 2 aliphatic heterocycles. The molecule has 8 nitrogen and oxygen atoms in total. The molecule has 3 rings (SSSR count). The van der Waals surface area contributed by atoms with Crippen LogP contribution in [0.15, 0.2) is 30.3 Å². The van der Waals surface area contributed by atoms with E-state index in [0.29, 0.717) is 19.6 Å². The van der Waals surface area contributed by atoms with Gasteiger partial charge in [-0.05, 0) is 25.8 Å². The van der Waals surface area contributed by atoms with E-state index in [2.05, 4.69) is 0 Å². The molecule has 1 aromatic carbocycles. The van der Waals surface area contributed by atoms with Gasteiger partial charge in [-0.3, -0.25) is 13.8 Å². The van der Waals surface area contributed by atoms with E-state index in [0.717, 1.165) is 5.56 Å². The Kier molecular flexibility index (Phi) is 7.41. The van der Waals surface area contributed by atoms with Crippen molar-refractivity contribution in [2.45, 2.75) is 52.4 Å². The van der Waals surface area contributed by atoms with Gasteiger partial charge in [0.15, 0.2) is 5.85 Å². The molecular formula is C20H31NO7P2. The van der Waals surface area contributed by atoms with Crippen LogP contribution in [-0.2, 0) is 38.4 Å². The SMILES string of the molecule is CC1(C)COP(OC(CC(N)Cc2ccccc2)P2(=O)OCC(C)(C)C(=O)O2)OC1. The molecule has 0 aromatic heterocycles. The van der Waals surface area contributed by atoms with E-state index >= 15 is 0 Å². The van der Waals surface area contributed by atoms with Crippen molar-refractivity contribution >= 4 is 22.2 Å². The highest BCUT2D eigenvalue weighted by Crippen LogP contribution is 2.63. The minimum absolute atomic E-state index is 0.0242. The lowest BCUT2D eigenvalue weighted by atomic mass is 9.96. The van der Waals surface area contributed by atoms with E-state index in [1.54, 1.807) is 13.8 Å². The minimum Gasteiger partial charge on any atom is -0.389 e. The average Bonchev–Trinajstić information content (AvgIpc) is 2.67. The molecule has 30 heavy (non-hydrogen) atoms. The molecule has 2 heterocycles. The molecule has 1 aromatic rings. The van der Waals surface area contributed by atoms with Crippen LogP contribution in [0.5, 0.6) is 0 Å². The number of hydrogen-bond donors (Lipinski definition) is 1. The van der Waals surface area contributed by atoms with E-state index in [9.17, 15) is 9.36 Å². The second kappa shape index (κ2) is 9.33. The monoisotopic (exact) mass is 459 g/mol. The van der Waals surface area contributed by atoms with E-state index in [1.807, 2.05) is 44.2 Å². The first-order valence-electron chi connectivity index (χ1n) is 10.00. The molecule has 3 unspecified atom stereocenters. The van der Waals surface area contributed by atoms with Crippen molar-refractivity contribution in [2.75, 3.05) is 19.8 Å². The van der Waals surface area contributed by atoms with Crippen LogP contribution >= 0.6 is 16.2 Å². The van der Waals surface area contributed by atoms with E-state index in [4.69, 9.17) is 28.4 Å². The third-order valence-electron chi connectivity index (χ3n) is 4.90. The number of benzene rings is 1. The molecule has 3 atom stereocenters. The normalized spacial score (nSPS) is 28.5. The van der Waals surface area contributed by atoms with Crippen molar-refractivity contribution < 1.29 is 32.0 Å². The maximum atomic E-state index is 13.5. The molecule has 2 N–H and O–H groups in total. The van der Waals surface area contributed by atoms with Crippen molar-refractivity contribution in [2.24, 2.45) is 16.6 Å². The fourth-order valence-corrected chi connectivity index (χ4v) is 6.83. The van der Waals surface area contributed by atoms with E-state index < -0.39 is 39.5 Å². The Labute approximate surface area is 179 Å². The Morgan fingerprint density at radius 2 is 1.77 bits per heavy atom. The van der Waals surface area contributed by atoms with Gasteiger partial charge >= 0.3 is 22.2 Å². The molecule has 0 aliphatic carbocycles. The predicted molar refractivity (Wildman–Crippen MR) is 114 cm³/mol. The number of carbonyl (C=O) groups is 1. The van der Waals surface area contributed by atoms with Crippen molar-refractivity contribution in [3.05, 3.63) is 35.9 Å². The van der Waals surface area contributed by atoms with Crippen LogP contribution in [0.25, 0.3) is 0 Å². The van der Waals surface area contributed by atoms with Gasteiger partial charge in [0.2, 0.25) is 0 Å². The number of rotatable bonds is 7. The van der Waals surface area contributed by atoms with Crippen LogP contribution in [-0.4, -0.2) is 37.7 Å². The molecule has 0 spiro atoms. The highest BCUT2D eigenvalue weighted by Gasteiger charge is 2.51. The molecule has 2 aliphatic rings. The summed E-state index contributed by atoms with van der Waals surface area (Å²) in [6.45, 7) is 8.25. The van der Waals surface area contributed by atoms with Crippen LogP contribution in [0.2, 0.25) is 0 Å². The molecule has 0 amide bonds. The van der Waals surface area contributed by atoms with Crippen molar-refractivity contribution in [3.8, 4) is 0 Å². The lowest BCUT2D eigenvalue weighted by Crippen LogP contribution is -2.39. The van der Waals surface area contributed by atoms with Crippen molar-refractivity contribution in [3.63, 3.8) is 0 Å². The van der Waals surface area contributed by atoms with Gasteiger partial charge in [-0.2, -0.15) is 0 Å². The second-order valence-corrected chi connectivity index (χ2v) is 12.5. The van der Waals surface area contributed by atoms with Gasteiger partial charge in [0.25, 0.3) is 0 Å². The maximum absolute atomic E-state index is 13.5. The molecular weight excluding hydrogens is 428 g/mol. The van der Waals surface area contributed by atoms with E-state index in [1.165, 1.54) is 0 Å². The van der Waals surface area contributed by atoms with E-state index in [-0.39, 0.29) is 18.4 Å². The standard InChI is InChI=1S/C20H31NO7P2/c1-19(2)12-24-29(25-13-19)27-17(11-16(21)10-15-8-6-5-7-9-15)30(23)26-14-20(3,4)18(22)28-30/h5-9,16-17H,10-14,21H2,1-4H3. The van der Waals surface area contributed by atoms with Crippen LogP contribution in [0.4, 0.5) is 0 Å². The Morgan fingerprint density at radius 3 is 2.37 bits per heavy atom. The lowest BCUT2D eigenvalue weighted by molar-refractivity contribution is -0.151. The molecule has 0 saturated carbocycles. The average molecular weight is 459 g/mol. The van der Waals surface area contributed by atoms with Gasteiger partial charge in [0, 0.05) is 17.9 Å². The quantitative estimate of drug-likeness (QED) is 0.599. The smallest absolute Gasteiger partial charge is 0.389 e. The maximum Gasteiger partial charge on any atom is 0.410 e. The first-order valence-corrected chi connectivity index (χ1v) is 12.7. The Balaban J connectivity index is 1.73. The zero-order valence-electron chi connectivity index (χ0n) is 17.9. The minimum atomic E-state index is -3.91. The summed E-state index contributed by atoms with van der Waals surface area (Å²) in [7, 11) is -5.67. The fraction of sp³-hybridized carbons (Fsp3) is 0.650. The summed E-state index contributed by atoms with van der Waals surface area (Å²) < 4.78 is 41.7. The Hall–Kier alpha value is -0.850. The van der Waals surface area contributed by atoms with Crippen molar-refractivity contribution in [1.82, 2.24) is 0 Å². The molecule has 0 radical (unpaired) electrons. The highest BCUT2D eigenvalue weighted by atomic mass is 31.2. The summed E-state index contributed by atoms with van der Waals surface area (Å²) in [5, 5.41) is 0. The summed E-state index contributed by atoms with van der Waals surface area (Å²) >= 11 is 0. The molecule has 2 fully saturated rings. The van der Waals surface area contributed by atoms with Gasteiger partial charge < -0.3 is 19.3 Å². The predicted octanol–water partition coefficient (Wildman–Crippen LogP) is 4.38. The lowest BCUT2D eigenvalue weighted by Gasteiger charge is -2.38. The van der Waals surface area contributed by atoms with Crippen molar-refractivity contribution in [1.29, 1.82) is 0 Å². The highest BCUT2D eigenvalue weighted by molar-refractivity contribution is 7.55. The van der Waals surface area contributed by atoms with Crippen LogP contribution in [0.3, 0.4) is 0 Å². The Bertz CT molecular complexity index is 777. The third kappa shape index (κ3) is 6.10. The molecule has 0 bridgehead atoms. The van der Waals surface area contributed by atoms with Gasteiger partial charge in [-0.1, -0.05) is 44.2 Å². The van der Waals surface area contributed by atoms with Gasteiger partial charge in [-0.15, -0.1) is 0 Å². The largest absolute Gasteiger partial charge is 0.410 e. The second-order valence-electron chi connectivity index (χ2n) is 9.26. The third-order valence-corrected chi connectivity index (χ3v) is 8.10. The van der Waals surface area contributed by atoms with Gasteiger partial charge in [0.05, 0.1) is 25.2 Å². The topological polar surface area (TPSA) is 106 Å². The fourth-order valence-electron chi connectivity index (χ4n) is 2.90. The number of carbonyl (C=O) groups excluding carboxylic acids is 1. The number of hydrogen-bond acceptors (Lipinski definition) is 8. The van der Waals surface area contributed by atoms with Gasteiger partial charge in [0.1, 0.15) is 0 Å². The summed E-state index contributed by atoms with van der Waals surface area (Å²) in [6, 6.07) is 9.34. The Morgan fingerprint density at radius 1 is 1.13 bits per heavy atom. The van der Waals surface area contributed by atoms with Crippen LogP contribution in [0, 0.1) is 10.8 Å². The zero-order chi connectivity index (χ0) is 22.0.